The van der Waals surface area contributed by atoms with E-state index in [9.17, 15) is 4.79 Å². The number of hydrogen-bond acceptors (Lipinski definition) is 3. The maximum Gasteiger partial charge on any atom is 0.293 e. The van der Waals surface area contributed by atoms with Gasteiger partial charge in [0.2, 0.25) is 5.76 Å². The van der Waals surface area contributed by atoms with Gasteiger partial charge in [-0.2, -0.15) is 0 Å². The lowest BCUT2D eigenvalue weighted by Gasteiger charge is -2.04. The number of aromatic nitrogens is 1. The highest BCUT2D eigenvalue weighted by Crippen LogP contribution is 2.21. The van der Waals surface area contributed by atoms with Crippen LogP contribution < -0.4 is 5.32 Å². The Bertz CT molecular complexity index is 563. The summed E-state index contributed by atoms with van der Waals surface area (Å²) in [6, 6.07) is 7.01. The van der Waals surface area contributed by atoms with Gasteiger partial charge in [-0.25, -0.2) is 4.98 Å². The van der Waals surface area contributed by atoms with Gasteiger partial charge >= 0.3 is 0 Å². The zero-order chi connectivity index (χ0) is 12.4. The molecule has 0 bridgehead atoms. The summed E-state index contributed by atoms with van der Waals surface area (Å²) in [5.41, 5.74) is 1.11. The van der Waals surface area contributed by atoms with Crippen LogP contribution in [0.3, 0.4) is 0 Å². The molecule has 0 aliphatic heterocycles. The van der Waals surface area contributed by atoms with Gasteiger partial charge in [-0.15, -0.1) is 0 Å². The molecule has 0 fully saturated rings. The average molecular weight is 251 g/mol. The number of halogens is 1. The van der Waals surface area contributed by atoms with Crippen molar-refractivity contribution in [2.75, 3.05) is 5.32 Å². The van der Waals surface area contributed by atoms with E-state index in [-0.39, 0.29) is 11.7 Å². The Hall–Kier alpha value is -1.81. The van der Waals surface area contributed by atoms with Crippen LogP contribution in [0, 0.1) is 13.8 Å². The normalized spacial score (nSPS) is 10.3. The summed E-state index contributed by atoms with van der Waals surface area (Å²) >= 11 is 5.94. The Morgan fingerprint density at radius 2 is 2.06 bits per heavy atom. The van der Waals surface area contributed by atoms with Crippen molar-refractivity contribution in [1.29, 1.82) is 0 Å². The van der Waals surface area contributed by atoms with Gasteiger partial charge < -0.3 is 9.73 Å². The molecule has 0 unspecified atom stereocenters. The van der Waals surface area contributed by atoms with Crippen molar-refractivity contribution in [3.63, 3.8) is 0 Å². The first-order chi connectivity index (χ1) is 8.08. The van der Waals surface area contributed by atoms with Crippen LogP contribution in [0.1, 0.15) is 22.1 Å². The highest BCUT2D eigenvalue weighted by molar-refractivity contribution is 6.33. The predicted octanol–water partition coefficient (Wildman–Crippen LogP) is 3.20. The van der Waals surface area contributed by atoms with Crippen LogP contribution in [-0.2, 0) is 0 Å². The van der Waals surface area contributed by atoms with Gasteiger partial charge in [-0.1, -0.05) is 23.7 Å². The molecule has 1 aromatic carbocycles. The standard InChI is InChI=1S/C12H11ClN2O2/c1-7-11(17-8(2)14-7)12(16)15-10-6-4-3-5-9(10)13/h3-6H,1-2H3,(H,15,16). The number of rotatable bonds is 2. The summed E-state index contributed by atoms with van der Waals surface area (Å²) in [6.45, 7) is 3.41. The van der Waals surface area contributed by atoms with Crippen molar-refractivity contribution in [2.45, 2.75) is 13.8 Å². The van der Waals surface area contributed by atoms with E-state index in [1.54, 1.807) is 38.1 Å². The molecule has 0 atom stereocenters. The first-order valence-corrected chi connectivity index (χ1v) is 5.45. The SMILES string of the molecule is Cc1nc(C)c(C(=O)Nc2ccccc2Cl)o1. The number of nitrogens with one attached hydrogen (secondary N) is 1. The largest absolute Gasteiger partial charge is 0.436 e. The van der Waals surface area contributed by atoms with Gasteiger partial charge in [0.25, 0.3) is 5.91 Å². The van der Waals surface area contributed by atoms with Crippen molar-refractivity contribution >= 4 is 23.2 Å². The van der Waals surface area contributed by atoms with Crippen LogP contribution >= 0.6 is 11.6 Å². The van der Waals surface area contributed by atoms with Gasteiger partial charge in [0.15, 0.2) is 5.89 Å². The summed E-state index contributed by atoms with van der Waals surface area (Å²) in [6.07, 6.45) is 0. The zero-order valence-corrected chi connectivity index (χ0v) is 10.2. The van der Waals surface area contributed by atoms with E-state index in [0.29, 0.717) is 22.3 Å². The number of nitrogens with zero attached hydrogens (tertiary/aromatic N) is 1. The lowest BCUT2D eigenvalue weighted by molar-refractivity contribution is 0.0994. The third kappa shape index (κ3) is 2.47. The van der Waals surface area contributed by atoms with Crippen LogP contribution in [-0.4, -0.2) is 10.9 Å². The van der Waals surface area contributed by atoms with Crippen molar-refractivity contribution in [3.8, 4) is 0 Å². The van der Waals surface area contributed by atoms with Gasteiger partial charge in [-0.3, -0.25) is 4.79 Å². The molecular weight excluding hydrogens is 240 g/mol. The van der Waals surface area contributed by atoms with E-state index in [0.717, 1.165) is 0 Å². The summed E-state index contributed by atoms with van der Waals surface area (Å²) in [5.74, 6) is 0.324. The molecule has 0 radical (unpaired) electrons. The maximum absolute atomic E-state index is 11.9. The lowest BCUT2D eigenvalue weighted by atomic mass is 10.3. The molecule has 88 valence electrons. The number of aryl methyl sites for hydroxylation is 2. The van der Waals surface area contributed by atoms with E-state index in [1.807, 2.05) is 0 Å². The lowest BCUT2D eigenvalue weighted by Crippen LogP contribution is -2.12. The highest BCUT2D eigenvalue weighted by atomic mass is 35.5. The number of amides is 1. The summed E-state index contributed by atoms with van der Waals surface area (Å²) in [4.78, 5) is 15.9. The van der Waals surface area contributed by atoms with E-state index in [2.05, 4.69) is 10.3 Å². The number of anilines is 1. The van der Waals surface area contributed by atoms with E-state index in [4.69, 9.17) is 16.0 Å². The van der Waals surface area contributed by atoms with Crippen molar-refractivity contribution in [2.24, 2.45) is 0 Å². The second-order valence-electron chi connectivity index (χ2n) is 3.58. The third-order valence-electron chi connectivity index (χ3n) is 2.23. The minimum Gasteiger partial charge on any atom is -0.436 e. The molecule has 1 heterocycles. The monoisotopic (exact) mass is 250 g/mol. The predicted molar refractivity (Wildman–Crippen MR) is 65.4 cm³/mol. The van der Waals surface area contributed by atoms with Crippen molar-refractivity contribution in [3.05, 3.63) is 46.6 Å². The fourth-order valence-corrected chi connectivity index (χ4v) is 1.67. The fraction of sp³-hybridized carbons (Fsp3) is 0.167. The summed E-state index contributed by atoms with van der Waals surface area (Å²) in [5, 5.41) is 3.16. The molecule has 2 aromatic rings. The van der Waals surface area contributed by atoms with Crippen LogP contribution in [0.2, 0.25) is 5.02 Å². The van der Waals surface area contributed by atoms with E-state index in [1.165, 1.54) is 0 Å². The molecule has 0 saturated heterocycles. The molecule has 0 aliphatic carbocycles. The molecule has 0 spiro atoms. The fourth-order valence-electron chi connectivity index (χ4n) is 1.48. The molecular formula is C12H11ClN2O2. The van der Waals surface area contributed by atoms with Crippen molar-refractivity contribution < 1.29 is 9.21 Å². The molecule has 1 N–H and O–H groups in total. The van der Waals surface area contributed by atoms with E-state index >= 15 is 0 Å². The molecule has 0 aliphatic rings. The molecule has 4 nitrogen and oxygen atoms in total. The number of oxazole rings is 1. The zero-order valence-electron chi connectivity index (χ0n) is 9.45. The Kier molecular flexibility index (Phi) is 3.15. The molecule has 1 amide bonds. The van der Waals surface area contributed by atoms with Gasteiger partial charge in [0, 0.05) is 6.92 Å². The number of carbonyl (C=O) groups excluding carboxylic acids is 1. The highest BCUT2D eigenvalue weighted by Gasteiger charge is 2.16. The van der Waals surface area contributed by atoms with Gasteiger partial charge in [0.05, 0.1) is 16.4 Å². The summed E-state index contributed by atoms with van der Waals surface area (Å²) in [7, 11) is 0. The first-order valence-electron chi connectivity index (χ1n) is 5.08. The number of carbonyl (C=O) groups is 1. The Morgan fingerprint density at radius 3 is 2.65 bits per heavy atom. The quantitative estimate of drug-likeness (QED) is 0.891. The van der Waals surface area contributed by atoms with Crippen molar-refractivity contribution in [1.82, 2.24) is 4.98 Å². The van der Waals surface area contributed by atoms with Crippen LogP contribution in [0.25, 0.3) is 0 Å². The first kappa shape index (κ1) is 11.7. The molecule has 1 aromatic heterocycles. The second kappa shape index (κ2) is 4.59. The Labute approximate surface area is 104 Å². The minimum absolute atomic E-state index is 0.211. The minimum atomic E-state index is -0.351. The van der Waals surface area contributed by atoms with Crippen LogP contribution in [0.15, 0.2) is 28.7 Å². The third-order valence-corrected chi connectivity index (χ3v) is 2.56. The van der Waals surface area contributed by atoms with Gasteiger partial charge in [-0.05, 0) is 19.1 Å². The molecule has 17 heavy (non-hydrogen) atoms. The maximum atomic E-state index is 11.9. The second-order valence-corrected chi connectivity index (χ2v) is 3.99. The van der Waals surface area contributed by atoms with Crippen LogP contribution in [0.4, 0.5) is 5.69 Å². The number of benzene rings is 1. The van der Waals surface area contributed by atoms with E-state index < -0.39 is 0 Å². The molecule has 0 saturated carbocycles. The average Bonchev–Trinajstić information content (AvgIpc) is 2.61. The van der Waals surface area contributed by atoms with Gasteiger partial charge in [0.1, 0.15) is 0 Å². The Morgan fingerprint density at radius 1 is 1.35 bits per heavy atom. The summed E-state index contributed by atoms with van der Waals surface area (Å²) < 4.78 is 5.22. The number of hydrogen-bond donors (Lipinski definition) is 1. The number of para-hydroxylation sites is 1. The molecule has 2 rings (SSSR count). The molecule has 5 heteroatoms. The topological polar surface area (TPSA) is 55.1 Å². The Balaban J connectivity index is 2.23. The van der Waals surface area contributed by atoms with Crippen LogP contribution in [0.5, 0.6) is 0 Å². The smallest absolute Gasteiger partial charge is 0.293 e.